The summed E-state index contributed by atoms with van der Waals surface area (Å²) in [5.41, 5.74) is 3.84. The molecule has 1 aliphatic heterocycles. The van der Waals surface area contributed by atoms with Gasteiger partial charge in [-0.1, -0.05) is 47.6 Å². The minimum Gasteiger partial charge on any atom is -0.505 e. The number of nitrogens with zero attached hydrogens (tertiary/aromatic N) is 3. The van der Waals surface area contributed by atoms with Gasteiger partial charge in [0.2, 0.25) is 0 Å². The highest BCUT2D eigenvalue weighted by Crippen LogP contribution is 2.39. The number of carbonyl (C=O) groups is 1. The Hall–Kier alpha value is -2.93. The molecule has 2 aromatic carbocycles. The summed E-state index contributed by atoms with van der Waals surface area (Å²) in [5, 5.41) is 27.5. The Kier molecular flexibility index (Phi) is 6.47. The van der Waals surface area contributed by atoms with Crippen LogP contribution in [0.5, 0.6) is 5.75 Å². The fourth-order valence-electron chi connectivity index (χ4n) is 5.63. The number of piperidine rings is 1. The number of phenols is 1. The molecule has 1 amide bonds. The number of benzene rings is 2. The molecule has 7 nitrogen and oxygen atoms in total. The number of amides is 1. The monoisotopic (exact) mass is 505 g/mol. The summed E-state index contributed by atoms with van der Waals surface area (Å²) in [7, 11) is 0. The second-order valence-corrected chi connectivity index (χ2v) is 14.1. The number of hydrogen-bond acceptors (Lipinski definition) is 5. The van der Waals surface area contributed by atoms with E-state index in [2.05, 4.69) is 96.1 Å². The third-order valence-corrected chi connectivity index (χ3v) is 7.15. The number of nitrogens with one attached hydrogen (secondary N) is 2. The first kappa shape index (κ1) is 27.1. The lowest BCUT2D eigenvalue weighted by molar-refractivity contribution is 0.0873. The summed E-state index contributed by atoms with van der Waals surface area (Å²) in [6.45, 7) is 21.4. The van der Waals surface area contributed by atoms with Crippen LogP contribution in [0.4, 0.5) is 0 Å². The Morgan fingerprint density at radius 3 is 2.11 bits per heavy atom. The lowest BCUT2D eigenvalue weighted by Crippen LogP contribution is -2.62. The van der Waals surface area contributed by atoms with E-state index >= 15 is 0 Å². The first-order valence-corrected chi connectivity index (χ1v) is 13.2. The Morgan fingerprint density at radius 1 is 0.946 bits per heavy atom. The summed E-state index contributed by atoms with van der Waals surface area (Å²) in [6.07, 6.45) is 1.72. The highest BCUT2D eigenvalue weighted by Gasteiger charge is 2.38. The molecule has 1 saturated heterocycles. The van der Waals surface area contributed by atoms with E-state index in [9.17, 15) is 9.90 Å². The van der Waals surface area contributed by atoms with Crippen molar-refractivity contribution in [1.82, 2.24) is 25.6 Å². The summed E-state index contributed by atoms with van der Waals surface area (Å²) >= 11 is 0. The van der Waals surface area contributed by atoms with E-state index in [1.807, 2.05) is 12.1 Å². The van der Waals surface area contributed by atoms with Crippen molar-refractivity contribution in [2.24, 2.45) is 0 Å². The van der Waals surface area contributed by atoms with Crippen LogP contribution in [-0.4, -0.2) is 43.1 Å². The van der Waals surface area contributed by atoms with Gasteiger partial charge in [0, 0.05) is 28.2 Å². The smallest absolute Gasteiger partial charge is 0.251 e. The molecule has 200 valence electrons. The zero-order chi connectivity index (χ0) is 27.6. The van der Waals surface area contributed by atoms with E-state index < -0.39 is 0 Å². The summed E-state index contributed by atoms with van der Waals surface area (Å²) in [5.74, 6) is 0.0671. The first-order valence-electron chi connectivity index (χ1n) is 13.2. The molecule has 0 aliphatic carbocycles. The third kappa shape index (κ3) is 5.82. The van der Waals surface area contributed by atoms with Gasteiger partial charge in [-0.25, -0.2) is 0 Å². The maximum atomic E-state index is 13.2. The minimum absolute atomic E-state index is 0.0537. The summed E-state index contributed by atoms with van der Waals surface area (Å²) < 4.78 is 0. The van der Waals surface area contributed by atoms with Gasteiger partial charge < -0.3 is 15.7 Å². The van der Waals surface area contributed by atoms with Crippen molar-refractivity contribution in [2.75, 3.05) is 0 Å². The number of fused-ring (bicyclic) bond motifs is 1. The van der Waals surface area contributed by atoms with Crippen molar-refractivity contribution in [3.8, 4) is 11.4 Å². The number of aromatic hydroxyl groups is 1. The molecule has 0 spiro atoms. The quantitative estimate of drug-likeness (QED) is 0.421. The maximum Gasteiger partial charge on any atom is 0.251 e. The average molecular weight is 506 g/mol. The molecule has 0 saturated carbocycles. The second kappa shape index (κ2) is 8.83. The Bertz CT molecular complexity index is 1320. The second-order valence-electron chi connectivity index (χ2n) is 14.1. The van der Waals surface area contributed by atoms with Gasteiger partial charge in [0.25, 0.3) is 5.91 Å². The van der Waals surface area contributed by atoms with E-state index in [-0.39, 0.29) is 39.6 Å². The summed E-state index contributed by atoms with van der Waals surface area (Å²) in [4.78, 5) is 14.7. The van der Waals surface area contributed by atoms with Gasteiger partial charge in [0.05, 0.1) is 0 Å². The van der Waals surface area contributed by atoms with E-state index in [0.29, 0.717) is 22.3 Å². The molecule has 7 heteroatoms. The van der Waals surface area contributed by atoms with Crippen molar-refractivity contribution in [2.45, 2.75) is 110 Å². The van der Waals surface area contributed by atoms with Gasteiger partial charge in [-0.3, -0.25) is 4.79 Å². The maximum absolute atomic E-state index is 13.2. The fourth-order valence-corrected chi connectivity index (χ4v) is 5.63. The largest absolute Gasteiger partial charge is 0.505 e. The minimum atomic E-state index is -0.254. The SMILES string of the molecule is CC1(C)CC(NC(=O)c2ccc3nn(-c4cc(C(C)(C)C)cc(C(C)(C)C)c4O)nc3c2)CC(C)(C)N1. The van der Waals surface area contributed by atoms with Crippen LogP contribution < -0.4 is 10.6 Å². The van der Waals surface area contributed by atoms with Crippen LogP contribution in [0, 0.1) is 0 Å². The molecule has 37 heavy (non-hydrogen) atoms. The molecule has 0 bridgehead atoms. The molecule has 3 aromatic rings. The topological polar surface area (TPSA) is 92.1 Å². The normalized spacial score (nSPS) is 18.2. The standard InChI is InChI=1S/C30H43N5O2/c1-27(2,3)19-14-21(28(4,5)6)25(36)24(15-19)35-32-22-12-11-18(13-23(22)33-35)26(37)31-20-16-29(7,8)34-30(9,10)17-20/h11-15,20,34,36H,16-17H2,1-10H3,(H,31,37). The molecule has 0 atom stereocenters. The van der Waals surface area contributed by atoms with Gasteiger partial charge in [0.15, 0.2) is 0 Å². The Balaban J connectivity index is 1.68. The molecule has 1 aromatic heterocycles. The number of carbonyl (C=O) groups excluding carboxylic acids is 1. The lowest BCUT2D eigenvalue weighted by atomic mass is 9.79. The molecule has 2 heterocycles. The van der Waals surface area contributed by atoms with Crippen molar-refractivity contribution in [3.05, 3.63) is 47.0 Å². The van der Waals surface area contributed by atoms with Crippen molar-refractivity contribution < 1.29 is 9.90 Å². The predicted molar refractivity (Wildman–Crippen MR) is 150 cm³/mol. The van der Waals surface area contributed by atoms with E-state index in [4.69, 9.17) is 0 Å². The predicted octanol–water partition coefficient (Wildman–Crippen LogP) is 5.76. The fraction of sp³-hybridized carbons (Fsp3) is 0.567. The van der Waals surface area contributed by atoms with Crippen LogP contribution >= 0.6 is 0 Å². The Labute approximate surface area is 221 Å². The van der Waals surface area contributed by atoms with Gasteiger partial charge in [-0.05, 0) is 81.2 Å². The number of aromatic nitrogens is 3. The number of rotatable bonds is 3. The first-order chi connectivity index (χ1) is 16.8. The van der Waals surface area contributed by atoms with Gasteiger partial charge in [-0.15, -0.1) is 15.0 Å². The number of phenolic OH excluding ortho intramolecular Hbond substituents is 1. The molecular formula is C30H43N5O2. The van der Waals surface area contributed by atoms with Crippen LogP contribution in [0.1, 0.15) is 104 Å². The highest BCUT2D eigenvalue weighted by molar-refractivity contribution is 5.97. The zero-order valence-electron chi connectivity index (χ0n) is 24.1. The zero-order valence-corrected chi connectivity index (χ0v) is 24.1. The molecule has 0 radical (unpaired) electrons. The van der Waals surface area contributed by atoms with Crippen molar-refractivity contribution in [1.29, 1.82) is 0 Å². The average Bonchev–Trinajstić information content (AvgIpc) is 3.12. The van der Waals surface area contributed by atoms with Crippen molar-refractivity contribution >= 4 is 16.9 Å². The van der Waals surface area contributed by atoms with Gasteiger partial charge in [-0.2, -0.15) is 0 Å². The molecule has 1 fully saturated rings. The molecule has 3 N–H and O–H groups in total. The van der Waals surface area contributed by atoms with Crippen LogP contribution in [0.3, 0.4) is 0 Å². The van der Waals surface area contributed by atoms with E-state index in [1.54, 1.807) is 12.1 Å². The van der Waals surface area contributed by atoms with Crippen LogP contribution in [0.15, 0.2) is 30.3 Å². The van der Waals surface area contributed by atoms with Gasteiger partial charge >= 0.3 is 0 Å². The van der Waals surface area contributed by atoms with Crippen molar-refractivity contribution in [3.63, 3.8) is 0 Å². The molecule has 4 rings (SSSR count). The van der Waals surface area contributed by atoms with Crippen LogP contribution in [0.2, 0.25) is 0 Å². The number of hydrogen-bond donors (Lipinski definition) is 3. The van der Waals surface area contributed by atoms with E-state index in [1.165, 1.54) is 4.80 Å². The van der Waals surface area contributed by atoms with Gasteiger partial charge in [0.1, 0.15) is 22.5 Å². The van der Waals surface area contributed by atoms with Crippen LogP contribution in [0.25, 0.3) is 16.7 Å². The van der Waals surface area contributed by atoms with Crippen LogP contribution in [-0.2, 0) is 10.8 Å². The molecular weight excluding hydrogens is 462 g/mol. The molecule has 1 aliphatic rings. The highest BCUT2D eigenvalue weighted by atomic mass is 16.3. The third-order valence-electron chi connectivity index (χ3n) is 7.15. The molecule has 0 unspecified atom stereocenters. The summed E-state index contributed by atoms with van der Waals surface area (Å²) in [6, 6.07) is 9.50. The van der Waals surface area contributed by atoms with E-state index in [0.717, 1.165) is 24.0 Å². The Morgan fingerprint density at radius 2 is 1.54 bits per heavy atom. The lowest BCUT2D eigenvalue weighted by Gasteiger charge is -2.46.